The predicted molar refractivity (Wildman–Crippen MR) is 72.2 cm³/mol. The van der Waals surface area contributed by atoms with E-state index in [0.29, 0.717) is 6.54 Å². The zero-order chi connectivity index (χ0) is 12.5. The molecule has 1 unspecified atom stereocenters. The Bertz CT molecular complexity index is 329. The van der Waals surface area contributed by atoms with E-state index in [-0.39, 0.29) is 11.9 Å². The van der Waals surface area contributed by atoms with Gasteiger partial charge in [0, 0.05) is 5.75 Å². The normalized spacial score (nSPS) is 12.1. The molecule has 0 heterocycles. The molecule has 0 spiro atoms. The van der Waals surface area contributed by atoms with Crippen molar-refractivity contribution in [2.75, 3.05) is 25.2 Å². The monoisotopic (exact) mass is 253 g/mol. The fourth-order valence-corrected chi connectivity index (χ4v) is 2.62. The maximum absolute atomic E-state index is 11.7. The minimum atomic E-state index is -0.177. The molecule has 0 aliphatic carbocycles. The first kappa shape index (κ1) is 14.1. The lowest BCUT2D eigenvalue weighted by Gasteiger charge is -2.14. The van der Waals surface area contributed by atoms with E-state index in [4.69, 9.17) is 10.5 Å². The van der Waals surface area contributed by atoms with Crippen LogP contribution in [0.15, 0.2) is 30.3 Å². The molecule has 1 aromatic carbocycles. The van der Waals surface area contributed by atoms with Gasteiger partial charge in [-0.25, -0.2) is 0 Å². The molecule has 4 heteroatoms. The maximum Gasteiger partial charge on any atom is 0.313 e. The van der Waals surface area contributed by atoms with Crippen molar-refractivity contribution in [1.29, 1.82) is 0 Å². The summed E-state index contributed by atoms with van der Waals surface area (Å²) in [6.07, 6.45) is 0.980. The van der Waals surface area contributed by atoms with Gasteiger partial charge in [-0.3, -0.25) is 4.79 Å². The Hall–Kier alpha value is -1.00. The summed E-state index contributed by atoms with van der Waals surface area (Å²) in [5.41, 5.74) is 6.45. The molecule has 0 aliphatic heterocycles. The van der Waals surface area contributed by atoms with Crippen molar-refractivity contribution >= 4 is 17.7 Å². The molecule has 17 heavy (non-hydrogen) atoms. The van der Waals surface area contributed by atoms with Gasteiger partial charge in [-0.2, -0.15) is 11.8 Å². The summed E-state index contributed by atoms with van der Waals surface area (Å²) in [5.74, 6) is 1.38. The lowest BCUT2D eigenvalue weighted by molar-refractivity contribution is -0.141. The number of benzene rings is 1. The number of hydrogen-bond acceptors (Lipinski definition) is 4. The molecule has 2 N–H and O–H groups in total. The van der Waals surface area contributed by atoms with Crippen LogP contribution in [-0.4, -0.2) is 31.1 Å². The van der Waals surface area contributed by atoms with Crippen LogP contribution in [0.25, 0.3) is 0 Å². The number of hydrogen-bond donors (Lipinski definition) is 1. The molecule has 0 bridgehead atoms. The van der Waals surface area contributed by atoms with Gasteiger partial charge in [-0.05, 0) is 24.3 Å². The lowest BCUT2D eigenvalue weighted by atomic mass is 10.0. The quantitative estimate of drug-likeness (QED) is 0.596. The van der Waals surface area contributed by atoms with Gasteiger partial charge < -0.3 is 10.5 Å². The van der Waals surface area contributed by atoms with E-state index in [1.807, 2.05) is 30.3 Å². The minimum absolute atomic E-state index is 0.170. The maximum atomic E-state index is 11.7. The van der Waals surface area contributed by atoms with Crippen molar-refractivity contribution in [2.24, 2.45) is 5.73 Å². The van der Waals surface area contributed by atoms with Crippen LogP contribution in [0.3, 0.4) is 0 Å². The van der Waals surface area contributed by atoms with E-state index in [9.17, 15) is 4.79 Å². The van der Waals surface area contributed by atoms with Crippen molar-refractivity contribution in [1.82, 2.24) is 0 Å². The molecule has 1 rings (SSSR count). The van der Waals surface area contributed by atoms with Crippen molar-refractivity contribution in [2.45, 2.75) is 12.3 Å². The molecular formula is C13H19NO2S. The zero-order valence-corrected chi connectivity index (χ0v) is 10.9. The first-order valence-corrected chi connectivity index (χ1v) is 6.85. The third-order valence-electron chi connectivity index (χ3n) is 2.46. The van der Waals surface area contributed by atoms with Gasteiger partial charge in [0.25, 0.3) is 0 Å². The number of ether oxygens (including phenoxy) is 1. The summed E-state index contributed by atoms with van der Waals surface area (Å²) in [6, 6.07) is 9.75. The number of rotatable bonds is 7. The van der Waals surface area contributed by atoms with Crippen molar-refractivity contribution in [3.63, 3.8) is 0 Å². The van der Waals surface area contributed by atoms with Crippen LogP contribution in [0, 0.1) is 0 Å². The number of thioether (sulfide) groups is 1. The summed E-state index contributed by atoms with van der Waals surface area (Å²) in [4.78, 5) is 11.7. The van der Waals surface area contributed by atoms with Crippen molar-refractivity contribution < 1.29 is 9.53 Å². The van der Waals surface area contributed by atoms with Crippen molar-refractivity contribution in [3.8, 4) is 0 Å². The highest BCUT2D eigenvalue weighted by Gasteiger charge is 2.20. The highest BCUT2D eigenvalue weighted by Crippen LogP contribution is 2.22. The fraction of sp³-hybridized carbons (Fsp3) is 0.462. The van der Waals surface area contributed by atoms with Gasteiger partial charge in [0.1, 0.15) is 0 Å². The fourth-order valence-electron chi connectivity index (χ4n) is 1.51. The van der Waals surface area contributed by atoms with E-state index in [1.54, 1.807) is 11.8 Å². The third kappa shape index (κ3) is 4.79. The Labute approximate surface area is 107 Å². The molecule has 0 aromatic heterocycles. The van der Waals surface area contributed by atoms with Crippen LogP contribution in [0.4, 0.5) is 0 Å². The second-order valence-corrected chi connectivity index (χ2v) is 4.85. The second-order valence-electron chi connectivity index (χ2n) is 3.70. The molecule has 1 aromatic rings. The molecule has 0 radical (unpaired) electrons. The van der Waals surface area contributed by atoms with E-state index in [2.05, 4.69) is 0 Å². The zero-order valence-electron chi connectivity index (χ0n) is 10.1. The highest BCUT2D eigenvalue weighted by atomic mass is 32.2. The SMILES string of the molecule is COC(=O)C(CSCCCN)c1ccccc1. The first-order chi connectivity index (χ1) is 8.29. The molecule has 1 atom stereocenters. The van der Waals surface area contributed by atoms with Crippen LogP contribution < -0.4 is 5.73 Å². The van der Waals surface area contributed by atoms with Gasteiger partial charge in [0.15, 0.2) is 0 Å². The number of methoxy groups -OCH3 is 1. The predicted octanol–water partition coefficient (Wildman–Crippen LogP) is 2.03. The van der Waals surface area contributed by atoms with Gasteiger partial charge in [0.2, 0.25) is 0 Å². The number of nitrogens with two attached hydrogens (primary N) is 1. The summed E-state index contributed by atoms with van der Waals surface area (Å²) in [6.45, 7) is 0.696. The summed E-state index contributed by atoms with van der Waals surface area (Å²) in [7, 11) is 1.43. The topological polar surface area (TPSA) is 52.3 Å². The van der Waals surface area contributed by atoms with Crippen LogP contribution in [0.1, 0.15) is 17.9 Å². The molecule has 0 saturated carbocycles. The Morgan fingerprint density at radius 2 is 2.12 bits per heavy atom. The Kier molecular flexibility index (Phi) is 6.74. The van der Waals surface area contributed by atoms with E-state index in [1.165, 1.54) is 7.11 Å². The molecule has 0 amide bonds. The summed E-state index contributed by atoms with van der Waals surface area (Å²) in [5, 5.41) is 0. The molecule has 0 fully saturated rings. The van der Waals surface area contributed by atoms with E-state index in [0.717, 1.165) is 23.5 Å². The van der Waals surface area contributed by atoms with E-state index >= 15 is 0 Å². The van der Waals surface area contributed by atoms with Gasteiger partial charge in [-0.1, -0.05) is 30.3 Å². The average Bonchev–Trinajstić information content (AvgIpc) is 2.39. The smallest absolute Gasteiger partial charge is 0.313 e. The van der Waals surface area contributed by atoms with Crippen LogP contribution in [0.2, 0.25) is 0 Å². The minimum Gasteiger partial charge on any atom is -0.469 e. The second kappa shape index (κ2) is 8.14. The first-order valence-electron chi connectivity index (χ1n) is 5.70. The van der Waals surface area contributed by atoms with Crippen molar-refractivity contribution in [3.05, 3.63) is 35.9 Å². The number of esters is 1. The summed E-state index contributed by atoms with van der Waals surface area (Å²) < 4.78 is 4.85. The van der Waals surface area contributed by atoms with Crippen LogP contribution in [-0.2, 0) is 9.53 Å². The van der Waals surface area contributed by atoms with Gasteiger partial charge >= 0.3 is 5.97 Å². The largest absolute Gasteiger partial charge is 0.469 e. The Morgan fingerprint density at radius 3 is 2.71 bits per heavy atom. The Morgan fingerprint density at radius 1 is 1.41 bits per heavy atom. The number of carbonyl (C=O) groups excluding carboxylic acids is 1. The lowest BCUT2D eigenvalue weighted by Crippen LogP contribution is -2.17. The summed E-state index contributed by atoms with van der Waals surface area (Å²) >= 11 is 1.74. The van der Waals surface area contributed by atoms with E-state index < -0.39 is 0 Å². The van der Waals surface area contributed by atoms with Gasteiger partial charge in [0.05, 0.1) is 13.0 Å². The molecule has 0 saturated heterocycles. The van der Waals surface area contributed by atoms with Gasteiger partial charge in [-0.15, -0.1) is 0 Å². The number of carbonyl (C=O) groups is 1. The van der Waals surface area contributed by atoms with Crippen LogP contribution >= 0.6 is 11.8 Å². The highest BCUT2D eigenvalue weighted by molar-refractivity contribution is 7.99. The average molecular weight is 253 g/mol. The molecule has 3 nitrogen and oxygen atoms in total. The Balaban J connectivity index is 2.59. The van der Waals surface area contributed by atoms with Crippen LogP contribution in [0.5, 0.6) is 0 Å². The standard InChI is InChI=1S/C13H19NO2S/c1-16-13(15)12(10-17-9-5-8-14)11-6-3-2-4-7-11/h2-4,6-7,12H,5,8-10,14H2,1H3. The molecular weight excluding hydrogens is 234 g/mol. The molecule has 94 valence electrons. The third-order valence-corrected chi connectivity index (χ3v) is 3.61. The molecule has 0 aliphatic rings.